The molecule has 102 valence electrons. The molecule has 0 saturated carbocycles. The Bertz CT molecular complexity index is 425. The molecule has 0 aliphatic carbocycles. The van der Waals surface area contributed by atoms with E-state index in [1.807, 2.05) is 0 Å². The fourth-order valence-corrected chi connectivity index (χ4v) is 1.98. The van der Waals surface area contributed by atoms with Gasteiger partial charge in [-0.2, -0.15) is 5.26 Å². The zero-order valence-electron chi connectivity index (χ0n) is 11.0. The maximum atomic E-state index is 8.91. The first kappa shape index (κ1) is 13.8. The Morgan fingerprint density at radius 1 is 1.58 bits per heavy atom. The predicted octanol–water partition coefficient (Wildman–Crippen LogP) is 1.81. The van der Waals surface area contributed by atoms with E-state index in [2.05, 4.69) is 16.4 Å². The van der Waals surface area contributed by atoms with E-state index in [9.17, 15) is 0 Å². The summed E-state index contributed by atoms with van der Waals surface area (Å²) in [5, 5.41) is 12.1. The molecule has 1 saturated heterocycles. The zero-order chi connectivity index (χ0) is 13.3. The van der Waals surface area contributed by atoms with Crippen LogP contribution in [0.15, 0.2) is 18.3 Å². The first-order valence-corrected chi connectivity index (χ1v) is 6.64. The molecule has 1 aromatic heterocycles. The number of nitrogens with zero attached hydrogens (tertiary/aromatic N) is 2. The third-order valence-electron chi connectivity index (χ3n) is 3.06. The fourth-order valence-electron chi connectivity index (χ4n) is 1.98. The lowest BCUT2D eigenvalue weighted by Gasteiger charge is -2.09. The van der Waals surface area contributed by atoms with Crippen LogP contribution in [0.4, 0.5) is 5.82 Å². The summed E-state index contributed by atoms with van der Waals surface area (Å²) >= 11 is 0. The smallest absolute Gasteiger partial charge is 0.143 e. The van der Waals surface area contributed by atoms with Crippen LogP contribution >= 0.6 is 0 Å². The lowest BCUT2D eigenvalue weighted by molar-refractivity contribution is 0.0897. The van der Waals surface area contributed by atoms with Crippen LogP contribution in [0.3, 0.4) is 0 Å². The molecule has 0 bridgehead atoms. The molecular weight excluding hydrogens is 242 g/mol. The van der Waals surface area contributed by atoms with E-state index in [1.54, 1.807) is 18.3 Å². The van der Waals surface area contributed by atoms with E-state index in [4.69, 9.17) is 14.7 Å². The molecule has 0 spiro atoms. The number of nitrogens with one attached hydrogen (secondary N) is 1. The van der Waals surface area contributed by atoms with Crippen molar-refractivity contribution in [2.75, 3.05) is 38.3 Å². The van der Waals surface area contributed by atoms with Gasteiger partial charge < -0.3 is 14.8 Å². The first-order valence-electron chi connectivity index (χ1n) is 6.64. The van der Waals surface area contributed by atoms with Crippen LogP contribution < -0.4 is 5.32 Å². The number of aromatic nitrogens is 1. The second-order valence-corrected chi connectivity index (χ2v) is 4.60. The van der Waals surface area contributed by atoms with Gasteiger partial charge in [-0.05, 0) is 25.0 Å². The number of hydrogen-bond acceptors (Lipinski definition) is 5. The molecule has 19 heavy (non-hydrogen) atoms. The minimum atomic E-state index is 0.564. The van der Waals surface area contributed by atoms with E-state index < -0.39 is 0 Å². The van der Waals surface area contributed by atoms with Gasteiger partial charge in [-0.3, -0.25) is 0 Å². The van der Waals surface area contributed by atoms with Crippen molar-refractivity contribution in [2.24, 2.45) is 5.92 Å². The van der Waals surface area contributed by atoms with Crippen molar-refractivity contribution in [1.82, 2.24) is 4.98 Å². The number of hydrogen-bond donors (Lipinski definition) is 1. The van der Waals surface area contributed by atoms with Gasteiger partial charge in [-0.15, -0.1) is 0 Å². The minimum Gasteiger partial charge on any atom is -0.381 e. The van der Waals surface area contributed by atoms with Crippen molar-refractivity contribution in [1.29, 1.82) is 5.26 Å². The molecule has 5 heteroatoms. The molecule has 0 radical (unpaired) electrons. The third kappa shape index (κ3) is 4.51. The van der Waals surface area contributed by atoms with Crippen LogP contribution in [0.25, 0.3) is 0 Å². The van der Waals surface area contributed by atoms with Crippen molar-refractivity contribution < 1.29 is 9.47 Å². The van der Waals surface area contributed by atoms with E-state index in [0.717, 1.165) is 45.8 Å². The molecule has 1 aliphatic rings. The van der Waals surface area contributed by atoms with Gasteiger partial charge in [0, 0.05) is 31.9 Å². The van der Waals surface area contributed by atoms with E-state index in [1.165, 1.54) is 0 Å². The SMILES string of the molecule is N#Cc1cccnc1NCCCOCC1CCOC1. The molecular formula is C14H19N3O2. The largest absolute Gasteiger partial charge is 0.381 e. The average molecular weight is 261 g/mol. The molecule has 0 amide bonds. The number of pyridine rings is 1. The van der Waals surface area contributed by atoms with E-state index >= 15 is 0 Å². The zero-order valence-corrected chi connectivity index (χ0v) is 11.0. The van der Waals surface area contributed by atoms with Gasteiger partial charge in [-0.1, -0.05) is 0 Å². The van der Waals surface area contributed by atoms with Gasteiger partial charge >= 0.3 is 0 Å². The molecule has 5 nitrogen and oxygen atoms in total. The quantitative estimate of drug-likeness (QED) is 0.758. The molecule has 1 N–H and O–H groups in total. The van der Waals surface area contributed by atoms with Gasteiger partial charge in [0.05, 0.1) is 18.8 Å². The monoisotopic (exact) mass is 261 g/mol. The number of anilines is 1. The Balaban J connectivity index is 1.57. The molecule has 1 unspecified atom stereocenters. The van der Waals surface area contributed by atoms with Gasteiger partial charge in [0.1, 0.15) is 11.9 Å². The molecule has 2 heterocycles. The fraction of sp³-hybridized carbons (Fsp3) is 0.571. The second-order valence-electron chi connectivity index (χ2n) is 4.60. The standard InChI is InChI=1S/C14H19N3O2/c15-9-13-3-1-5-16-14(13)17-6-2-7-18-10-12-4-8-19-11-12/h1,3,5,12H,2,4,6-8,10-11H2,(H,16,17). The summed E-state index contributed by atoms with van der Waals surface area (Å²) in [4.78, 5) is 4.14. The lowest BCUT2D eigenvalue weighted by Crippen LogP contribution is -2.12. The number of rotatable bonds is 7. The van der Waals surface area contributed by atoms with E-state index in [-0.39, 0.29) is 0 Å². The van der Waals surface area contributed by atoms with Gasteiger partial charge in [0.25, 0.3) is 0 Å². The van der Waals surface area contributed by atoms with Crippen molar-refractivity contribution in [3.8, 4) is 6.07 Å². The topological polar surface area (TPSA) is 67.2 Å². The minimum absolute atomic E-state index is 0.564. The average Bonchev–Trinajstić information content (AvgIpc) is 2.96. The first-order chi connectivity index (χ1) is 9.40. The normalized spacial score (nSPS) is 18.2. The van der Waals surface area contributed by atoms with Crippen molar-refractivity contribution in [3.63, 3.8) is 0 Å². The highest BCUT2D eigenvalue weighted by Crippen LogP contribution is 2.12. The van der Waals surface area contributed by atoms with Gasteiger partial charge in [0.2, 0.25) is 0 Å². The van der Waals surface area contributed by atoms with Crippen LogP contribution in [-0.4, -0.2) is 38.0 Å². The molecule has 1 aliphatic heterocycles. The van der Waals surface area contributed by atoms with Crippen LogP contribution in [0.1, 0.15) is 18.4 Å². The Morgan fingerprint density at radius 3 is 3.32 bits per heavy atom. The summed E-state index contributed by atoms with van der Waals surface area (Å²) < 4.78 is 10.9. The maximum Gasteiger partial charge on any atom is 0.143 e. The highest BCUT2D eigenvalue weighted by atomic mass is 16.5. The molecule has 1 aromatic rings. The Kier molecular flexibility index (Phi) is 5.60. The Labute approximate surface area is 113 Å². The summed E-state index contributed by atoms with van der Waals surface area (Å²) in [6, 6.07) is 5.63. The van der Waals surface area contributed by atoms with Crippen molar-refractivity contribution in [2.45, 2.75) is 12.8 Å². The highest BCUT2D eigenvalue weighted by molar-refractivity contribution is 5.50. The number of ether oxygens (including phenoxy) is 2. The summed E-state index contributed by atoms with van der Waals surface area (Å²) in [6.07, 6.45) is 3.69. The lowest BCUT2D eigenvalue weighted by atomic mass is 10.1. The Morgan fingerprint density at radius 2 is 2.53 bits per heavy atom. The maximum absolute atomic E-state index is 8.91. The summed E-state index contributed by atoms with van der Waals surface area (Å²) in [7, 11) is 0. The molecule has 0 aromatic carbocycles. The van der Waals surface area contributed by atoms with Crippen molar-refractivity contribution in [3.05, 3.63) is 23.9 Å². The van der Waals surface area contributed by atoms with Crippen LogP contribution in [-0.2, 0) is 9.47 Å². The molecule has 2 rings (SSSR count). The van der Waals surface area contributed by atoms with E-state index in [0.29, 0.717) is 17.3 Å². The van der Waals surface area contributed by atoms with Crippen LogP contribution in [0.5, 0.6) is 0 Å². The van der Waals surface area contributed by atoms with Gasteiger partial charge in [-0.25, -0.2) is 4.98 Å². The highest BCUT2D eigenvalue weighted by Gasteiger charge is 2.15. The Hall–Kier alpha value is -1.64. The van der Waals surface area contributed by atoms with Crippen LogP contribution in [0, 0.1) is 17.2 Å². The van der Waals surface area contributed by atoms with Crippen molar-refractivity contribution >= 4 is 5.82 Å². The summed E-state index contributed by atoms with van der Waals surface area (Å²) in [6.45, 7) is 3.96. The summed E-state index contributed by atoms with van der Waals surface area (Å²) in [5.74, 6) is 1.21. The summed E-state index contributed by atoms with van der Waals surface area (Å²) in [5.41, 5.74) is 0.575. The number of nitriles is 1. The molecule has 1 atom stereocenters. The van der Waals surface area contributed by atoms with Crippen LogP contribution in [0.2, 0.25) is 0 Å². The second kappa shape index (κ2) is 7.72. The van der Waals surface area contributed by atoms with Gasteiger partial charge in [0.15, 0.2) is 0 Å². The third-order valence-corrected chi connectivity index (χ3v) is 3.06. The predicted molar refractivity (Wildman–Crippen MR) is 71.8 cm³/mol. The molecule has 1 fully saturated rings.